The van der Waals surface area contributed by atoms with Crippen LogP contribution in [-0.4, -0.2) is 53.3 Å². The topological polar surface area (TPSA) is 79.0 Å². The molecule has 9 heteroatoms. The molecule has 30 heavy (non-hydrogen) atoms. The minimum atomic E-state index is -0.521. The minimum Gasteiger partial charge on any atom is -0.483 e. The van der Waals surface area contributed by atoms with Gasteiger partial charge in [-0.15, -0.1) is 0 Å². The number of para-hydroxylation sites is 1. The predicted octanol–water partition coefficient (Wildman–Crippen LogP) is 2.44. The van der Waals surface area contributed by atoms with Gasteiger partial charge in [0, 0.05) is 25.3 Å². The fourth-order valence-electron chi connectivity index (χ4n) is 2.74. The van der Waals surface area contributed by atoms with Crippen LogP contribution in [0.2, 0.25) is 0 Å². The molecule has 3 rings (SSSR count). The summed E-state index contributed by atoms with van der Waals surface area (Å²) in [7, 11) is 2.98. The Morgan fingerprint density at radius 2 is 1.67 bits per heavy atom. The molecule has 3 amide bonds. The van der Waals surface area contributed by atoms with Crippen LogP contribution in [0.1, 0.15) is 5.56 Å². The highest BCUT2D eigenvalue weighted by atomic mass is 32.1. The van der Waals surface area contributed by atoms with E-state index < -0.39 is 23.5 Å². The lowest BCUT2D eigenvalue weighted by Gasteiger charge is -2.31. The quantitative estimate of drug-likeness (QED) is 0.451. The maximum Gasteiger partial charge on any atom is 0.265 e. The number of hydrogen-bond acceptors (Lipinski definition) is 5. The number of nitrogens with one attached hydrogen (secondary N) is 1. The maximum absolute atomic E-state index is 13.0. The molecule has 0 aromatic heterocycles. The molecule has 0 aliphatic carbocycles. The molecular weight excluding hydrogens is 409 g/mol. The molecule has 1 aliphatic heterocycles. The highest BCUT2D eigenvalue weighted by Crippen LogP contribution is 2.24. The Bertz CT molecular complexity index is 1030. The SMILES string of the molecule is CN1C(=O)C(=Cc2ccccc2OCC(=O)Nc2ccc(F)cc2)C(=O)N(C)C1=S. The van der Waals surface area contributed by atoms with Gasteiger partial charge in [0.1, 0.15) is 17.1 Å². The van der Waals surface area contributed by atoms with Gasteiger partial charge in [-0.2, -0.15) is 0 Å². The van der Waals surface area contributed by atoms with Crippen molar-refractivity contribution >= 4 is 46.8 Å². The number of carbonyl (C=O) groups is 3. The summed E-state index contributed by atoms with van der Waals surface area (Å²) in [6.07, 6.45) is 1.41. The van der Waals surface area contributed by atoms with Crippen molar-refractivity contribution < 1.29 is 23.5 Å². The van der Waals surface area contributed by atoms with Crippen molar-refractivity contribution in [3.63, 3.8) is 0 Å². The summed E-state index contributed by atoms with van der Waals surface area (Å²) in [5.41, 5.74) is 0.819. The van der Waals surface area contributed by atoms with Crippen molar-refractivity contribution in [2.24, 2.45) is 0 Å². The van der Waals surface area contributed by atoms with Crippen LogP contribution in [0, 0.1) is 5.82 Å². The minimum absolute atomic E-state index is 0.0691. The third-order valence-corrected chi connectivity index (χ3v) is 4.90. The second kappa shape index (κ2) is 8.83. The number of rotatable bonds is 5. The molecular formula is C21H18FN3O4S. The molecule has 154 valence electrons. The van der Waals surface area contributed by atoms with Crippen molar-refractivity contribution in [2.75, 3.05) is 26.0 Å². The number of ether oxygens (including phenoxy) is 1. The van der Waals surface area contributed by atoms with Crippen molar-refractivity contribution in [1.82, 2.24) is 9.80 Å². The molecule has 0 bridgehead atoms. The molecule has 7 nitrogen and oxygen atoms in total. The highest BCUT2D eigenvalue weighted by Gasteiger charge is 2.35. The zero-order valence-corrected chi connectivity index (χ0v) is 17.0. The van der Waals surface area contributed by atoms with Gasteiger partial charge in [0.15, 0.2) is 11.7 Å². The standard InChI is InChI=1S/C21H18FN3O4S/c1-24-19(27)16(20(28)25(2)21(24)30)11-13-5-3-4-6-17(13)29-12-18(26)23-15-9-7-14(22)8-10-15/h3-11H,12H2,1-2H3,(H,23,26). The normalized spacial score (nSPS) is 14.1. The molecule has 0 saturated carbocycles. The highest BCUT2D eigenvalue weighted by molar-refractivity contribution is 7.80. The fourth-order valence-corrected chi connectivity index (χ4v) is 2.90. The van der Waals surface area contributed by atoms with Crippen LogP contribution in [-0.2, 0) is 14.4 Å². The molecule has 1 heterocycles. The smallest absolute Gasteiger partial charge is 0.265 e. The molecule has 0 atom stereocenters. The van der Waals surface area contributed by atoms with E-state index in [-0.39, 0.29) is 17.3 Å². The summed E-state index contributed by atoms with van der Waals surface area (Å²) >= 11 is 5.07. The third-order valence-electron chi connectivity index (χ3n) is 4.35. The van der Waals surface area contributed by atoms with Gasteiger partial charge in [0.2, 0.25) is 0 Å². The first-order valence-electron chi connectivity index (χ1n) is 8.87. The maximum atomic E-state index is 13.0. The molecule has 1 aliphatic rings. The summed E-state index contributed by atoms with van der Waals surface area (Å²) in [5, 5.41) is 2.70. The number of nitrogens with zero attached hydrogens (tertiary/aromatic N) is 2. The second-order valence-electron chi connectivity index (χ2n) is 6.45. The largest absolute Gasteiger partial charge is 0.483 e. The van der Waals surface area contributed by atoms with Gasteiger partial charge in [-0.1, -0.05) is 18.2 Å². The lowest BCUT2D eigenvalue weighted by atomic mass is 10.1. The lowest BCUT2D eigenvalue weighted by molar-refractivity contribution is -0.132. The van der Waals surface area contributed by atoms with E-state index in [4.69, 9.17) is 17.0 Å². The Morgan fingerprint density at radius 3 is 2.30 bits per heavy atom. The Labute approximate surface area is 177 Å². The van der Waals surface area contributed by atoms with Crippen LogP contribution in [0.3, 0.4) is 0 Å². The number of hydrogen-bond donors (Lipinski definition) is 1. The Hall–Kier alpha value is -3.59. The molecule has 0 spiro atoms. The number of likely N-dealkylation sites (N-methyl/N-ethyl adjacent to an activating group) is 2. The van der Waals surface area contributed by atoms with Crippen molar-refractivity contribution in [1.29, 1.82) is 0 Å². The van der Waals surface area contributed by atoms with E-state index in [0.29, 0.717) is 17.0 Å². The summed E-state index contributed by atoms with van der Waals surface area (Å²) in [4.78, 5) is 39.5. The van der Waals surface area contributed by atoms with E-state index in [1.54, 1.807) is 24.3 Å². The van der Waals surface area contributed by atoms with Gasteiger partial charge in [-0.25, -0.2) is 4.39 Å². The number of amides is 3. The van der Waals surface area contributed by atoms with Gasteiger partial charge < -0.3 is 10.1 Å². The van der Waals surface area contributed by atoms with Gasteiger partial charge in [0.05, 0.1) is 0 Å². The van der Waals surface area contributed by atoms with Gasteiger partial charge in [-0.3, -0.25) is 24.2 Å². The summed E-state index contributed by atoms with van der Waals surface area (Å²) in [6, 6.07) is 12.0. The zero-order chi connectivity index (χ0) is 21.8. The number of thiocarbonyl (C=S) groups is 1. The number of benzene rings is 2. The molecule has 2 aromatic rings. The number of anilines is 1. The average Bonchev–Trinajstić information content (AvgIpc) is 2.75. The van der Waals surface area contributed by atoms with Crippen LogP contribution in [0.15, 0.2) is 54.1 Å². The molecule has 1 saturated heterocycles. The van der Waals surface area contributed by atoms with Crippen LogP contribution in [0.5, 0.6) is 5.75 Å². The molecule has 1 N–H and O–H groups in total. The van der Waals surface area contributed by atoms with Gasteiger partial charge in [0.25, 0.3) is 17.7 Å². The van der Waals surface area contributed by atoms with E-state index in [2.05, 4.69) is 5.32 Å². The molecule has 2 aromatic carbocycles. The summed E-state index contributed by atoms with van der Waals surface area (Å²) in [6.45, 7) is -0.316. The Balaban J connectivity index is 1.76. The van der Waals surface area contributed by atoms with Gasteiger partial charge >= 0.3 is 0 Å². The predicted molar refractivity (Wildman–Crippen MR) is 113 cm³/mol. The third kappa shape index (κ3) is 4.52. The molecule has 1 fully saturated rings. The van der Waals surface area contributed by atoms with Gasteiger partial charge in [-0.05, 0) is 48.6 Å². The first-order valence-corrected chi connectivity index (χ1v) is 9.28. The van der Waals surface area contributed by atoms with Crippen LogP contribution < -0.4 is 10.1 Å². The van der Waals surface area contributed by atoms with Crippen molar-refractivity contribution in [3.8, 4) is 5.75 Å². The van der Waals surface area contributed by atoms with Crippen LogP contribution >= 0.6 is 12.2 Å². The van der Waals surface area contributed by atoms with Crippen LogP contribution in [0.25, 0.3) is 6.08 Å². The Kier molecular flexibility index (Phi) is 6.22. The fraction of sp³-hybridized carbons (Fsp3) is 0.143. The van der Waals surface area contributed by atoms with E-state index in [0.717, 1.165) is 0 Å². The first-order chi connectivity index (χ1) is 14.3. The van der Waals surface area contributed by atoms with E-state index in [9.17, 15) is 18.8 Å². The lowest BCUT2D eigenvalue weighted by Crippen LogP contribution is -2.52. The Morgan fingerprint density at radius 1 is 1.07 bits per heavy atom. The molecule has 0 unspecified atom stereocenters. The van der Waals surface area contributed by atoms with Crippen LogP contribution in [0.4, 0.5) is 10.1 Å². The van der Waals surface area contributed by atoms with E-state index >= 15 is 0 Å². The first kappa shape index (κ1) is 21.1. The molecule has 0 radical (unpaired) electrons. The van der Waals surface area contributed by atoms with Crippen molar-refractivity contribution in [3.05, 3.63) is 65.5 Å². The zero-order valence-electron chi connectivity index (χ0n) is 16.2. The number of carbonyl (C=O) groups excluding carboxylic acids is 3. The average molecular weight is 427 g/mol. The van der Waals surface area contributed by atoms with E-state index in [1.165, 1.54) is 54.2 Å². The summed E-state index contributed by atoms with van der Waals surface area (Å²) in [5.74, 6) is -1.58. The monoisotopic (exact) mass is 427 g/mol. The second-order valence-corrected chi connectivity index (χ2v) is 6.82. The summed E-state index contributed by atoms with van der Waals surface area (Å²) < 4.78 is 18.5. The van der Waals surface area contributed by atoms with E-state index in [1.807, 2.05) is 0 Å². The van der Waals surface area contributed by atoms with Crippen molar-refractivity contribution in [2.45, 2.75) is 0 Å². The number of halogens is 1.